The van der Waals surface area contributed by atoms with Crippen molar-refractivity contribution in [2.45, 2.75) is 33.9 Å². The van der Waals surface area contributed by atoms with Crippen LogP contribution in [0.25, 0.3) is 0 Å². The summed E-state index contributed by atoms with van der Waals surface area (Å²) in [5.41, 5.74) is 5.84. The first-order chi connectivity index (χ1) is 16.4. The van der Waals surface area contributed by atoms with E-state index in [0.29, 0.717) is 30.3 Å². The summed E-state index contributed by atoms with van der Waals surface area (Å²) in [6.07, 6.45) is 1.86. The Hall–Kier alpha value is -4.06. The smallest absolute Gasteiger partial charge is 0.256 e. The normalized spacial score (nSPS) is 10.7. The highest BCUT2D eigenvalue weighted by Gasteiger charge is 2.13. The van der Waals surface area contributed by atoms with E-state index in [4.69, 9.17) is 9.47 Å². The summed E-state index contributed by atoms with van der Waals surface area (Å²) in [4.78, 5) is 12.9. The summed E-state index contributed by atoms with van der Waals surface area (Å²) < 4.78 is 13.3. The van der Waals surface area contributed by atoms with Crippen LogP contribution in [0.4, 0.5) is 5.82 Å². The lowest BCUT2D eigenvalue weighted by molar-refractivity contribution is 0.102. The molecule has 6 heteroatoms. The van der Waals surface area contributed by atoms with Crippen LogP contribution in [0.5, 0.6) is 11.5 Å². The van der Waals surface area contributed by atoms with Crippen molar-refractivity contribution >= 4 is 11.7 Å². The van der Waals surface area contributed by atoms with Crippen molar-refractivity contribution in [1.29, 1.82) is 0 Å². The van der Waals surface area contributed by atoms with Gasteiger partial charge < -0.3 is 14.8 Å². The summed E-state index contributed by atoms with van der Waals surface area (Å²) in [6.45, 7) is 7.03. The van der Waals surface area contributed by atoms with Gasteiger partial charge in [0.2, 0.25) is 0 Å². The van der Waals surface area contributed by atoms with Crippen molar-refractivity contribution in [3.63, 3.8) is 0 Å². The minimum atomic E-state index is -0.239. The molecule has 1 aromatic heterocycles. The third-order valence-corrected chi connectivity index (χ3v) is 5.58. The molecule has 1 N–H and O–H groups in total. The van der Waals surface area contributed by atoms with Gasteiger partial charge in [-0.15, -0.1) is 0 Å². The van der Waals surface area contributed by atoms with Crippen LogP contribution in [0.3, 0.4) is 0 Å². The SMILES string of the molecule is COc1ccc(C(=O)Nc2ccn(Cc3cccc(C)c3)n2)cc1COc1cc(C)ccc1C. The molecule has 0 fully saturated rings. The maximum atomic E-state index is 12.9. The van der Waals surface area contributed by atoms with Crippen LogP contribution >= 0.6 is 0 Å². The number of aromatic nitrogens is 2. The number of hydrogen-bond donors (Lipinski definition) is 1. The first kappa shape index (κ1) is 23.1. The summed E-state index contributed by atoms with van der Waals surface area (Å²) in [6, 6.07) is 21.5. The molecule has 0 aliphatic rings. The monoisotopic (exact) mass is 455 g/mol. The van der Waals surface area contributed by atoms with Crippen LogP contribution < -0.4 is 14.8 Å². The number of hydrogen-bond acceptors (Lipinski definition) is 4. The second-order valence-corrected chi connectivity index (χ2v) is 8.43. The van der Waals surface area contributed by atoms with E-state index < -0.39 is 0 Å². The Balaban J connectivity index is 1.45. The van der Waals surface area contributed by atoms with Crippen LogP contribution in [0.15, 0.2) is 72.9 Å². The molecule has 4 aromatic rings. The predicted molar refractivity (Wildman–Crippen MR) is 134 cm³/mol. The number of carbonyl (C=O) groups excluding carboxylic acids is 1. The van der Waals surface area contributed by atoms with E-state index in [1.54, 1.807) is 31.4 Å². The second kappa shape index (κ2) is 10.3. The molecular weight excluding hydrogens is 426 g/mol. The van der Waals surface area contributed by atoms with Gasteiger partial charge in [-0.25, -0.2) is 0 Å². The number of rotatable bonds is 8. The van der Waals surface area contributed by atoms with Crippen molar-refractivity contribution in [3.05, 3.63) is 106 Å². The molecule has 0 unspecified atom stereocenters. The Morgan fingerprint density at radius 3 is 2.56 bits per heavy atom. The number of aryl methyl sites for hydroxylation is 3. The van der Waals surface area contributed by atoms with Gasteiger partial charge in [0.05, 0.1) is 13.7 Å². The first-order valence-corrected chi connectivity index (χ1v) is 11.2. The molecule has 0 saturated heterocycles. The number of carbonyl (C=O) groups is 1. The third kappa shape index (κ3) is 5.64. The zero-order valence-corrected chi connectivity index (χ0v) is 20.0. The maximum absolute atomic E-state index is 12.9. The summed E-state index contributed by atoms with van der Waals surface area (Å²) in [5, 5.41) is 7.36. The Morgan fingerprint density at radius 1 is 0.941 bits per heavy atom. The van der Waals surface area contributed by atoms with Crippen LogP contribution in [0.2, 0.25) is 0 Å². The van der Waals surface area contributed by atoms with Crippen molar-refractivity contribution in [1.82, 2.24) is 9.78 Å². The van der Waals surface area contributed by atoms with E-state index in [0.717, 1.165) is 28.0 Å². The van der Waals surface area contributed by atoms with Gasteiger partial charge in [0.1, 0.15) is 18.1 Å². The van der Waals surface area contributed by atoms with Crippen LogP contribution in [0.1, 0.15) is 38.2 Å². The predicted octanol–water partition coefficient (Wildman–Crippen LogP) is 5.70. The molecule has 0 atom stereocenters. The molecule has 0 aliphatic carbocycles. The molecule has 3 aromatic carbocycles. The third-order valence-electron chi connectivity index (χ3n) is 5.58. The van der Waals surface area contributed by atoms with Crippen molar-refractivity contribution in [2.24, 2.45) is 0 Å². The number of anilines is 1. The van der Waals surface area contributed by atoms with Crippen molar-refractivity contribution in [3.8, 4) is 11.5 Å². The Labute approximate surface area is 200 Å². The van der Waals surface area contributed by atoms with Gasteiger partial charge >= 0.3 is 0 Å². The summed E-state index contributed by atoms with van der Waals surface area (Å²) in [5.74, 6) is 1.75. The van der Waals surface area contributed by atoms with E-state index in [2.05, 4.69) is 41.6 Å². The van der Waals surface area contributed by atoms with Gasteiger partial charge in [0.15, 0.2) is 5.82 Å². The fourth-order valence-corrected chi connectivity index (χ4v) is 3.75. The van der Waals surface area contributed by atoms with Crippen LogP contribution in [0, 0.1) is 20.8 Å². The molecule has 0 bridgehead atoms. The molecule has 6 nitrogen and oxygen atoms in total. The standard InChI is InChI=1S/C28H29N3O3/c1-19-6-5-7-22(14-19)17-31-13-12-27(30-31)29-28(32)23-10-11-25(33-4)24(16-23)18-34-26-15-20(2)8-9-21(26)3/h5-16H,17-18H2,1-4H3,(H,29,30,32). The van der Waals surface area contributed by atoms with E-state index in [1.807, 2.05) is 42.9 Å². The Morgan fingerprint density at radius 2 is 1.76 bits per heavy atom. The molecule has 0 aliphatic heterocycles. The number of nitrogens with one attached hydrogen (secondary N) is 1. The van der Waals surface area contributed by atoms with Crippen LogP contribution in [-0.4, -0.2) is 22.8 Å². The number of benzene rings is 3. The Bertz CT molecular complexity index is 1310. The highest BCUT2D eigenvalue weighted by atomic mass is 16.5. The second-order valence-electron chi connectivity index (χ2n) is 8.43. The van der Waals surface area contributed by atoms with Crippen LogP contribution in [-0.2, 0) is 13.2 Å². The first-order valence-electron chi connectivity index (χ1n) is 11.2. The van der Waals surface area contributed by atoms with Gasteiger partial charge in [-0.3, -0.25) is 9.48 Å². The molecule has 0 saturated carbocycles. The van der Waals surface area contributed by atoms with E-state index in [-0.39, 0.29) is 5.91 Å². The van der Waals surface area contributed by atoms with Gasteiger partial charge in [-0.1, -0.05) is 42.0 Å². The molecule has 4 rings (SSSR count). The zero-order valence-electron chi connectivity index (χ0n) is 20.0. The maximum Gasteiger partial charge on any atom is 0.256 e. The van der Waals surface area contributed by atoms with Crippen molar-refractivity contribution < 1.29 is 14.3 Å². The van der Waals surface area contributed by atoms with E-state index in [9.17, 15) is 4.79 Å². The average Bonchev–Trinajstić information content (AvgIpc) is 3.26. The minimum absolute atomic E-state index is 0.239. The Kier molecular flexibility index (Phi) is 6.97. The lowest BCUT2D eigenvalue weighted by Gasteiger charge is -2.14. The number of amides is 1. The fraction of sp³-hybridized carbons (Fsp3) is 0.214. The summed E-state index contributed by atoms with van der Waals surface area (Å²) in [7, 11) is 1.61. The lowest BCUT2D eigenvalue weighted by atomic mass is 10.1. The highest BCUT2D eigenvalue weighted by molar-refractivity contribution is 6.04. The fourth-order valence-electron chi connectivity index (χ4n) is 3.75. The molecule has 0 radical (unpaired) electrons. The van der Waals surface area contributed by atoms with Gasteiger partial charge in [0, 0.05) is 23.4 Å². The molecule has 174 valence electrons. The molecule has 0 spiro atoms. The lowest BCUT2D eigenvalue weighted by Crippen LogP contribution is -2.14. The van der Waals surface area contributed by atoms with Gasteiger partial charge in [-0.05, 0) is 61.7 Å². The summed E-state index contributed by atoms with van der Waals surface area (Å²) >= 11 is 0. The number of ether oxygens (including phenoxy) is 2. The largest absolute Gasteiger partial charge is 0.496 e. The topological polar surface area (TPSA) is 65.4 Å². The molecule has 1 heterocycles. The average molecular weight is 456 g/mol. The minimum Gasteiger partial charge on any atom is -0.496 e. The van der Waals surface area contributed by atoms with Gasteiger partial charge in [-0.2, -0.15) is 5.10 Å². The van der Waals surface area contributed by atoms with Gasteiger partial charge in [0.25, 0.3) is 5.91 Å². The highest BCUT2D eigenvalue weighted by Crippen LogP contribution is 2.25. The van der Waals surface area contributed by atoms with E-state index in [1.165, 1.54) is 5.56 Å². The molecular formula is C28H29N3O3. The molecule has 1 amide bonds. The number of methoxy groups -OCH3 is 1. The molecule has 34 heavy (non-hydrogen) atoms. The number of nitrogens with zero attached hydrogens (tertiary/aromatic N) is 2. The quantitative estimate of drug-likeness (QED) is 0.370. The van der Waals surface area contributed by atoms with Crippen molar-refractivity contribution in [2.75, 3.05) is 12.4 Å². The van der Waals surface area contributed by atoms with E-state index >= 15 is 0 Å². The zero-order chi connectivity index (χ0) is 24.1.